The third-order valence-electron chi connectivity index (χ3n) is 5.77. The van der Waals surface area contributed by atoms with Crippen molar-refractivity contribution in [3.05, 3.63) is 51.6 Å². The molecule has 7 nitrogen and oxygen atoms in total. The number of hydrogen-bond acceptors (Lipinski definition) is 5. The van der Waals surface area contributed by atoms with E-state index in [1.807, 2.05) is 4.90 Å². The molecule has 0 radical (unpaired) electrons. The van der Waals surface area contributed by atoms with Crippen molar-refractivity contribution in [1.82, 2.24) is 14.2 Å². The first kappa shape index (κ1) is 23.6. The van der Waals surface area contributed by atoms with E-state index >= 15 is 0 Å². The van der Waals surface area contributed by atoms with Crippen molar-refractivity contribution in [1.29, 1.82) is 0 Å². The molecule has 2 heterocycles. The number of H-pyrrole nitrogens is 1. The molecule has 1 atom stereocenters. The van der Waals surface area contributed by atoms with Crippen molar-refractivity contribution >= 4 is 33.2 Å². The quantitative estimate of drug-likeness (QED) is 0.656. The summed E-state index contributed by atoms with van der Waals surface area (Å²) < 4.78 is 40.4. The topological polar surface area (TPSA) is 90.6 Å². The molecule has 1 N–H and O–H groups in total. The summed E-state index contributed by atoms with van der Waals surface area (Å²) in [6.45, 7) is 7.85. The number of aromatic amines is 1. The fourth-order valence-corrected chi connectivity index (χ4v) is 5.71. The molecule has 0 amide bonds. The fraction of sp³-hybridized carbons (Fsp3) is 0.429. The number of nitrogens with one attached hydrogen (secondary N) is 1. The van der Waals surface area contributed by atoms with Gasteiger partial charge in [0, 0.05) is 37.4 Å². The number of rotatable bonds is 6. The highest BCUT2D eigenvalue weighted by molar-refractivity contribution is 7.89. The van der Waals surface area contributed by atoms with Crippen LogP contribution in [0.1, 0.15) is 46.0 Å². The number of hydrogen-bond donors (Lipinski definition) is 1. The molecular weight excluding hydrogens is 445 g/mol. The van der Waals surface area contributed by atoms with E-state index in [0.29, 0.717) is 35.6 Å². The number of Topliss-reactive ketones (excluding diaryl/α,β-unsaturated/α-hetero) is 2. The molecule has 0 bridgehead atoms. The minimum atomic E-state index is -3.81. The third-order valence-corrected chi connectivity index (χ3v) is 7.95. The van der Waals surface area contributed by atoms with Crippen LogP contribution in [-0.2, 0) is 10.0 Å². The molecule has 1 fully saturated rings. The minimum Gasteiger partial charge on any atom is -0.355 e. The molecule has 0 saturated carbocycles. The van der Waals surface area contributed by atoms with Gasteiger partial charge in [0.2, 0.25) is 10.0 Å². The Labute approximate surface area is 186 Å². The van der Waals surface area contributed by atoms with Gasteiger partial charge in [-0.05, 0) is 51.5 Å². The van der Waals surface area contributed by atoms with Crippen molar-refractivity contribution in [2.45, 2.75) is 38.6 Å². The van der Waals surface area contributed by atoms with Gasteiger partial charge in [-0.25, -0.2) is 12.8 Å². The molecule has 0 aliphatic carbocycles. The molecule has 31 heavy (non-hydrogen) atoms. The number of aromatic nitrogens is 1. The predicted octanol–water partition coefficient (Wildman–Crippen LogP) is 3.20. The van der Waals surface area contributed by atoms with Gasteiger partial charge in [0.15, 0.2) is 11.6 Å². The van der Waals surface area contributed by atoms with E-state index in [4.69, 9.17) is 11.6 Å². The van der Waals surface area contributed by atoms with Gasteiger partial charge in [0.25, 0.3) is 0 Å². The molecular formula is C21H25ClFN3O4S. The summed E-state index contributed by atoms with van der Waals surface area (Å²) in [6.07, 6.45) is 0. The first-order valence-corrected chi connectivity index (χ1v) is 11.7. The zero-order chi connectivity index (χ0) is 23.1. The fourth-order valence-electron chi connectivity index (χ4n) is 4.02. The van der Waals surface area contributed by atoms with E-state index in [1.54, 1.807) is 20.8 Å². The second kappa shape index (κ2) is 8.82. The zero-order valence-corrected chi connectivity index (χ0v) is 19.4. The number of nitrogens with zero attached hydrogens (tertiary/aromatic N) is 2. The molecule has 1 aromatic heterocycles. The van der Waals surface area contributed by atoms with Crippen LogP contribution in [0.3, 0.4) is 0 Å². The first-order valence-electron chi connectivity index (χ1n) is 9.88. The number of piperazine rings is 1. The highest BCUT2D eigenvalue weighted by Crippen LogP contribution is 2.25. The molecule has 3 rings (SSSR count). The highest BCUT2D eigenvalue weighted by atomic mass is 35.5. The molecule has 1 aliphatic rings. The Balaban J connectivity index is 1.72. The summed E-state index contributed by atoms with van der Waals surface area (Å²) in [5.74, 6) is -0.923. The van der Waals surface area contributed by atoms with Gasteiger partial charge in [-0.1, -0.05) is 11.6 Å². The van der Waals surface area contributed by atoms with Crippen LogP contribution in [0.25, 0.3) is 0 Å². The average molecular weight is 470 g/mol. The maximum atomic E-state index is 13.4. The summed E-state index contributed by atoms with van der Waals surface area (Å²) in [4.78, 5) is 29.8. The highest BCUT2D eigenvalue weighted by Gasteiger charge is 2.33. The van der Waals surface area contributed by atoms with Crippen LogP contribution in [-0.4, -0.2) is 66.4 Å². The normalized spacial score (nSPS) is 17.0. The Morgan fingerprint density at radius 1 is 1.16 bits per heavy atom. The van der Waals surface area contributed by atoms with Crippen LogP contribution >= 0.6 is 11.6 Å². The van der Waals surface area contributed by atoms with Gasteiger partial charge in [0.1, 0.15) is 5.82 Å². The van der Waals surface area contributed by atoms with Crippen LogP contribution in [0.2, 0.25) is 5.02 Å². The van der Waals surface area contributed by atoms with Crippen molar-refractivity contribution < 1.29 is 22.4 Å². The predicted molar refractivity (Wildman–Crippen MR) is 116 cm³/mol. The Hall–Kier alpha value is -2.07. The van der Waals surface area contributed by atoms with E-state index in [-0.39, 0.29) is 34.6 Å². The van der Waals surface area contributed by atoms with Gasteiger partial charge in [-0.2, -0.15) is 4.31 Å². The van der Waals surface area contributed by atoms with Crippen molar-refractivity contribution in [3.63, 3.8) is 0 Å². The van der Waals surface area contributed by atoms with Crippen molar-refractivity contribution in [3.8, 4) is 0 Å². The van der Waals surface area contributed by atoms with Crippen molar-refractivity contribution in [2.75, 3.05) is 26.2 Å². The van der Waals surface area contributed by atoms with E-state index in [0.717, 1.165) is 12.1 Å². The van der Waals surface area contributed by atoms with Crippen LogP contribution in [0.4, 0.5) is 4.39 Å². The molecule has 10 heteroatoms. The lowest BCUT2D eigenvalue weighted by molar-refractivity contribution is 0.0777. The van der Waals surface area contributed by atoms with Crippen LogP contribution in [0.5, 0.6) is 0 Å². The summed E-state index contributed by atoms with van der Waals surface area (Å²) in [6, 6.07) is 2.84. The summed E-state index contributed by atoms with van der Waals surface area (Å²) in [5, 5.41) is -0.250. The van der Waals surface area contributed by atoms with Gasteiger partial charge >= 0.3 is 0 Å². The Bertz CT molecular complexity index is 1140. The maximum Gasteiger partial charge on any atom is 0.243 e. The largest absolute Gasteiger partial charge is 0.355 e. The number of halogens is 2. The number of ketones is 2. The monoisotopic (exact) mass is 469 g/mol. The number of carbonyl (C=O) groups excluding carboxylic acids is 2. The lowest BCUT2D eigenvalue weighted by Crippen LogP contribution is -2.53. The average Bonchev–Trinajstić information content (AvgIpc) is 3.03. The standard InChI is InChI=1S/C21H25ClFN3O4S/c1-12-19(15(4)27)13(2)24-20(12)21(28)14(3)25-7-9-26(10-8-25)31(29,30)16-5-6-18(23)17(22)11-16/h5-6,11,14,24H,7-10H2,1-4H3. The minimum absolute atomic E-state index is 0.0641. The van der Waals surface area contributed by atoms with Crippen molar-refractivity contribution in [2.24, 2.45) is 0 Å². The van der Waals surface area contributed by atoms with Crippen LogP contribution in [0, 0.1) is 19.7 Å². The van der Waals surface area contributed by atoms with Gasteiger partial charge in [-0.15, -0.1) is 0 Å². The molecule has 1 aliphatic heterocycles. The summed E-state index contributed by atoms with van der Waals surface area (Å²) in [7, 11) is -3.81. The maximum absolute atomic E-state index is 13.4. The van der Waals surface area contributed by atoms with Crippen LogP contribution < -0.4 is 0 Å². The Morgan fingerprint density at radius 3 is 2.29 bits per heavy atom. The van der Waals surface area contributed by atoms with E-state index < -0.39 is 21.9 Å². The number of sulfonamides is 1. The zero-order valence-electron chi connectivity index (χ0n) is 17.8. The van der Waals surface area contributed by atoms with Gasteiger partial charge in [0.05, 0.1) is 21.7 Å². The van der Waals surface area contributed by atoms with E-state index in [2.05, 4.69) is 4.98 Å². The smallest absolute Gasteiger partial charge is 0.243 e. The number of carbonyl (C=O) groups is 2. The van der Waals surface area contributed by atoms with Gasteiger partial charge in [-0.3, -0.25) is 14.5 Å². The number of aryl methyl sites for hydroxylation is 1. The molecule has 168 valence electrons. The summed E-state index contributed by atoms with van der Waals surface area (Å²) in [5.41, 5.74) is 2.24. The van der Waals surface area contributed by atoms with Crippen LogP contribution in [0.15, 0.2) is 23.1 Å². The van der Waals surface area contributed by atoms with E-state index in [1.165, 1.54) is 17.3 Å². The first-order chi connectivity index (χ1) is 14.4. The molecule has 1 saturated heterocycles. The second-order valence-electron chi connectivity index (χ2n) is 7.74. The molecule has 1 unspecified atom stereocenters. The lowest BCUT2D eigenvalue weighted by Gasteiger charge is -2.36. The lowest BCUT2D eigenvalue weighted by atomic mass is 10.0. The molecule has 2 aromatic rings. The van der Waals surface area contributed by atoms with E-state index in [9.17, 15) is 22.4 Å². The second-order valence-corrected chi connectivity index (χ2v) is 10.1. The Kier molecular flexibility index (Phi) is 6.71. The number of benzene rings is 1. The Morgan fingerprint density at radius 2 is 1.77 bits per heavy atom. The van der Waals surface area contributed by atoms with Gasteiger partial charge < -0.3 is 4.98 Å². The SMILES string of the molecule is CC(=O)c1c(C)[nH]c(C(=O)C(C)N2CCN(S(=O)(=O)c3ccc(F)c(Cl)c3)CC2)c1C. The summed E-state index contributed by atoms with van der Waals surface area (Å²) >= 11 is 5.73. The molecule has 0 spiro atoms. The third kappa shape index (κ3) is 4.45. The molecule has 1 aromatic carbocycles.